The van der Waals surface area contributed by atoms with Crippen molar-refractivity contribution in [1.82, 2.24) is 0 Å². The summed E-state index contributed by atoms with van der Waals surface area (Å²) >= 11 is 3.23. The summed E-state index contributed by atoms with van der Waals surface area (Å²) in [6.45, 7) is 1.08. The minimum absolute atomic E-state index is 0.0482. The molecule has 1 aromatic rings. The van der Waals surface area contributed by atoms with E-state index in [0.717, 1.165) is 5.69 Å². The van der Waals surface area contributed by atoms with E-state index in [2.05, 4.69) is 21.2 Å². The van der Waals surface area contributed by atoms with E-state index in [0.29, 0.717) is 17.6 Å². The molecule has 0 aliphatic rings. The quantitative estimate of drug-likeness (QED) is 0.807. The monoisotopic (exact) mass is 317 g/mol. The van der Waals surface area contributed by atoms with E-state index >= 15 is 0 Å². The Hall–Kier alpha value is -1.11. The van der Waals surface area contributed by atoms with Crippen molar-refractivity contribution in [2.45, 2.75) is 6.10 Å². The van der Waals surface area contributed by atoms with Crippen LogP contribution in [0.3, 0.4) is 0 Å². The molecular weight excluding hydrogens is 302 g/mol. The summed E-state index contributed by atoms with van der Waals surface area (Å²) in [6, 6.07) is 4.99. The van der Waals surface area contributed by atoms with Gasteiger partial charge in [-0.1, -0.05) is 0 Å². The predicted octanol–water partition coefficient (Wildman–Crippen LogP) is 2.22. The normalized spacial score (nSPS) is 12.2. The SMILES string of the molecule is COCC(CNc1ccc(C(=O)O)c(Br)c1)OC. The topological polar surface area (TPSA) is 67.8 Å². The first-order chi connectivity index (χ1) is 8.58. The minimum Gasteiger partial charge on any atom is -0.478 e. The second kappa shape index (κ2) is 7.35. The molecule has 1 rings (SSSR count). The number of carboxylic acid groups (broad SMARTS) is 1. The fourth-order valence-electron chi connectivity index (χ4n) is 1.43. The highest BCUT2D eigenvalue weighted by Gasteiger charge is 2.10. The van der Waals surface area contributed by atoms with Crippen molar-refractivity contribution in [1.29, 1.82) is 0 Å². The molecule has 1 unspecified atom stereocenters. The van der Waals surface area contributed by atoms with Gasteiger partial charge >= 0.3 is 5.97 Å². The maximum Gasteiger partial charge on any atom is 0.336 e. The smallest absolute Gasteiger partial charge is 0.336 e. The maximum absolute atomic E-state index is 10.8. The van der Waals surface area contributed by atoms with Gasteiger partial charge in [0.25, 0.3) is 0 Å². The number of benzene rings is 1. The highest BCUT2D eigenvalue weighted by molar-refractivity contribution is 9.10. The van der Waals surface area contributed by atoms with Crippen molar-refractivity contribution in [2.24, 2.45) is 0 Å². The summed E-state index contributed by atoms with van der Waals surface area (Å²) in [4.78, 5) is 10.8. The summed E-state index contributed by atoms with van der Waals surface area (Å²) in [6.07, 6.45) is -0.0482. The maximum atomic E-state index is 10.8. The molecule has 1 aromatic carbocycles. The molecule has 0 radical (unpaired) electrons. The number of carboxylic acids is 1. The van der Waals surface area contributed by atoms with Crippen LogP contribution in [-0.4, -0.2) is 44.6 Å². The van der Waals surface area contributed by atoms with E-state index in [1.165, 1.54) is 0 Å². The van der Waals surface area contributed by atoms with Gasteiger partial charge in [-0.05, 0) is 34.1 Å². The fraction of sp³-hybridized carbons (Fsp3) is 0.417. The van der Waals surface area contributed by atoms with Crippen LogP contribution in [0.5, 0.6) is 0 Å². The molecular formula is C12H16BrNO4. The molecule has 0 saturated carbocycles. The Kier molecular flexibility index (Phi) is 6.11. The van der Waals surface area contributed by atoms with Crippen LogP contribution in [0.2, 0.25) is 0 Å². The second-order valence-electron chi connectivity index (χ2n) is 3.69. The van der Waals surface area contributed by atoms with Crippen molar-refractivity contribution in [3.8, 4) is 0 Å². The van der Waals surface area contributed by atoms with E-state index in [1.54, 1.807) is 32.4 Å². The third-order valence-corrected chi connectivity index (χ3v) is 3.08. The molecule has 100 valence electrons. The zero-order valence-corrected chi connectivity index (χ0v) is 11.9. The van der Waals surface area contributed by atoms with Gasteiger partial charge in [0.15, 0.2) is 0 Å². The molecule has 0 amide bonds. The number of hydrogen-bond acceptors (Lipinski definition) is 4. The average Bonchev–Trinajstić information content (AvgIpc) is 2.34. The number of carbonyl (C=O) groups is 1. The number of nitrogens with one attached hydrogen (secondary N) is 1. The molecule has 18 heavy (non-hydrogen) atoms. The van der Waals surface area contributed by atoms with Gasteiger partial charge < -0.3 is 19.9 Å². The second-order valence-corrected chi connectivity index (χ2v) is 4.55. The van der Waals surface area contributed by atoms with Gasteiger partial charge in [0, 0.05) is 30.9 Å². The lowest BCUT2D eigenvalue weighted by molar-refractivity contribution is 0.0365. The van der Waals surface area contributed by atoms with E-state index in [1.807, 2.05) is 0 Å². The Morgan fingerprint density at radius 1 is 1.50 bits per heavy atom. The summed E-state index contributed by atoms with van der Waals surface area (Å²) in [7, 11) is 3.24. The zero-order valence-electron chi connectivity index (χ0n) is 10.3. The third kappa shape index (κ3) is 4.29. The molecule has 0 aliphatic heterocycles. The predicted molar refractivity (Wildman–Crippen MR) is 72.3 cm³/mol. The Balaban J connectivity index is 2.63. The molecule has 0 fully saturated rings. The van der Waals surface area contributed by atoms with Crippen molar-refractivity contribution in [3.05, 3.63) is 28.2 Å². The van der Waals surface area contributed by atoms with Gasteiger partial charge in [0.2, 0.25) is 0 Å². The Bertz CT molecular complexity index is 411. The van der Waals surface area contributed by atoms with E-state index in [4.69, 9.17) is 14.6 Å². The number of halogens is 1. The molecule has 0 bridgehead atoms. The largest absolute Gasteiger partial charge is 0.478 e. The van der Waals surface area contributed by atoms with Crippen LogP contribution < -0.4 is 5.32 Å². The molecule has 2 N–H and O–H groups in total. The van der Waals surface area contributed by atoms with E-state index < -0.39 is 5.97 Å². The van der Waals surface area contributed by atoms with Gasteiger partial charge in [0.05, 0.1) is 18.3 Å². The number of methoxy groups -OCH3 is 2. The summed E-state index contributed by atoms with van der Waals surface area (Å²) in [5.74, 6) is -0.956. The van der Waals surface area contributed by atoms with Gasteiger partial charge in [-0.3, -0.25) is 0 Å². The van der Waals surface area contributed by atoms with Crippen LogP contribution in [0, 0.1) is 0 Å². The number of rotatable bonds is 7. The molecule has 0 heterocycles. The molecule has 5 nitrogen and oxygen atoms in total. The van der Waals surface area contributed by atoms with Gasteiger partial charge in [0.1, 0.15) is 0 Å². The first kappa shape index (κ1) is 14.9. The number of hydrogen-bond donors (Lipinski definition) is 2. The zero-order chi connectivity index (χ0) is 13.5. The summed E-state index contributed by atoms with van der Waals surface area (Å²) in [5.41, 5.74) is 1.06. The average molecular weight is 318 g/mol. The lowest BCUT2D eigenvalue weighted by atomic mass is 10.2. The van der Waals surface area contributed by atoms with Crippen LogP contribution in [0.25, 0.3) is 0 Å². The molecule has 1 atom stereocenters. The van der Waals surface area contributed by atoms with Gasteiger partial charge in [-0.25, -0.2) is 4.79 Å². The fourth-order valence-corrected chi connectivity index (χ4v) is 1.97. The molecule has 0 spiro atoms. The first-order valence-corrected chi connectivity index (χ1v) is 6.16. The van der Waals surface area contributed by atoms with E-state index in [9.17, 15) is 4.79 Å². The van der Waals surface area contributed by atoms with Crippen molar-refractivity contribution >= 4 is 27.6 Å². The van der Waals surface area contributed by atoms with Crippen LogP contribution in [0.15, 0.2) is 22.7 Å². The first-order valence-electron chi connectivity index (χ1n) is 5.37. The summed E-state index contributed by atoms with van der Waals surface area (Å²) < 4.78 is 10.8. The number of ether oxygens (including phenoxy) is 2. The van der Waals surface area contributed by atoms with Crippen LogP contribution >= 0.6 is 15.9 Å². The molecule has 0 saturated heterocycles. The number of anilines is 1. The third-order valence-electron chi connectivity index (χ3n) is 2.42. The standard InChI is InChI=1S/C12H16BrNO4/c1-17-7-9(18-2)6-14-8-3-4-10(12(15)16)11(13)5-8/h3-5,9,14H,6-7H2,1-2H3,(H,15,16). The Labute approximate surface area is 114 Å². The lowest BCUT2D eigenvalue weighted by Crippen LogP contribution is -2.26. The van der Waals surface area contributed by atoms with Crippen molar-refractivity contribution in [2.75, 3.05) is 32.7 Å². The highest BCUT2D eigenvalue weighted by atomic mass is 79.9. The van der Waals surface area contributed by atoms with Crippen LogP contribution in [-0.2, 0) is 9.47 Å². The minimum atomic E-state index is -0.956. The molecule has 0 aromatic heterocycles. The van der Waals surface area contributed by atoms with Crippen LogP contribution in [0.4, 0.5) is 5.69 Å². The van der Waals surface area contributed by atoms with Crippen LogP contribution in [0.1, 0.15) is 10.4 Å². The summed E-state index contributed by atoms with van der Waals surface area (Å²) in [5, 5.41) is 12.1. The molecule has 0 aliphatic carbocycles. The van der Waals surface area contributed by atoms with E-state index in [-0.39, 0.29) is 11.7 Å². The Morgan fingerprint density at radius 2 is 2.22 bits per heavy atom. The Morgan fingerprint density at radius 3 is 2.72 bits per heavy atom. The molecule has 6 heteroatoms. The van der Waals surface area contributed by atoms with Crippen molar-refractivity contribution < 1.29 is 19.4 Å². The van der Waals surface area contributed by atoms with Gasteiger partial charge in [-0.15, -0.1) is 0 Å². The van der Waals surface area contributed by atoms with Gasteiger partial charge in [-0.2, -0.15) is 0 Å². The number of aromatic carboxylic acids is 1. The lowest BCUT2D eigenvalue weighted by Gasteiger charge is -2.16. The highest BCUT2D eigenvalue weighted by Crippen LogP contribution is 2.21. The van der Waals surface area contributed by atoms with Crippen molar-refractivity contribution in [3.63, 3.8) is 0 Å².